The van der Waals surface area contributed by atoms with Crippen LogP contribution in [0.1, 0.15) is 37.7 Å². The van der Waals surface area contributed by atoms with E-state index in [2.05, 4.69) is 0 Å². The summed E-state index contributed by atoms with van der Waals surface area (Å²) >= 11 is 12.0. The lowest BCUT2D eigenvalue weighted by Crippen LogP contribution is -2.20. The van der Waals surface area contributed by atoms with Gasteiger partial charge in [0.2, 0.25) is 0 Å². The predicted octanol–water partition coefficient (Wildman–Crippen LogP) is 4.20. The third kappa shape index (κ3) is 3.27. The number of benzene rings is 1. The lowest BCUT2D eigenvalue weighted by atomic mass is 9.97. The fourth-order valence-electron chi connectivity index (χ4n) is 2.21. The molecule has 0 unspecified atom stereocenters. The molecule has 1 N–H and O–H groups in total. The second kappa shape index (κ2) is 5.94. The van der Waals surface area contributed by atoms with E-state index in [0.29, 0.717) is 21.4 Å². The first-order valence-electron chi connectivity index (χ1n) is 5.96. The van der Waals surface area contributed by atoms with Gasteiger partial charge in [-0.1, -0.05) is 29.6 Å². The molecule has 1 fully saturated rings. The summed E-state index contributed by atoms with van der Waals surface area (Å²) in [5.74, 6) is 0.588. The van der Waals surface area contributed by atoms with E-state index in [1.165, 1.54) is 19.3 Å². The summed E-state index contributed by atoms with van der Waals surface area (Å²) in [4.78, 5) is 0. The summed E-state index contributed by atoms with van der Waals surface area (Å²) in [5.41, 5.74) is 0.660. The number of hydrogen-bond acceptors (Lipinski definition) is 2. The molecule has 1 aromatic carbocycles. The van der Waals surface area contributed by atoms with Crippen LogP contribution in [0.3, 0.4) is 0 Å². The van der Waals surface area contributed by atoms with Crippen LogP contribution in [0.5, 0.6) is 5.75 Å². The predicted molar refractivity (Wildman–Crippen MR) is 69.9 cm³/mol. The van der Waals surface area contributed by atoms with Gasteiger partial charge in [0.15, 0.2) is 0 Å². The summed E-state index contributed by atoms with van der Waals surface area (Å²) in [7, 11) is 0. The highest BCUT2D eigenvalue weighted by Gasteiger charge is 2.18. The largest absolute Gasteiger partial charge is 0.488 e. The third-order valence-electron chi connectivity index (χ3n) is 3.09. The fraction of sp³-hybridized carbons (Fsp3) is 0.538. The summed E-state index contributed by atoms with van der Waals surface area (Å²) < 4.78 is 5.91. The normalized spacial score (nSPS) is 17.1. The minimum atomic E-state index is -0.109. The van der Waals surface area contributed by atoms with Crippen LogP contribution >= 0.6 is 23.2 Å². The molecule has 0 atom stereocenters. The molecule has 0 saturated heterocycles. The minimum Gasteiger partial charge on any atom is -0.488 e. The molecule has 0 heterocycles. The maximum atomic E-state index is 9.30. The van der Waals surface area contributed by atoms with Gasteiger partial charge in [-0.15, -0.1) is 0 Å². The lowest BCUT2D eigenvalue weighted by Gasteiger charge is -2.24. The first-order chi connectivity index (χ1) is 8.20. The first-order valence-corrected chi connectivity index (χ1v) is 6.71. The van der Waals surface area contributed by atoms with Gasteiger partial charge in [-0.05, 0) is 37.8 Å². The van der Waals surface area contributed by atoms with Crippen LogP contribution in [0, 0.1) is 0 Å². The van der Waals surface area contributed by atoms with Crippen LogP contribution in [0.4, 0.5) is 0 Å². The molecule has 1 aliphatic rings. The number of aliphatic hydroxyl groups excluding tert-OH is 1. The maximum absolute atomic E-state index is 9.30. The minimum absolute atomic E-state index is 0.109. The average molecular weight is 275 g/mol. The van der Waals surface area contributed by atoms with E-state index in [1.807, 2.05) is 0 Å². The van der Waals surface area contributed by atoms with Crippen molar-refractivity contribution in [1.82, 2.24) is 0 Å². The van der Waals surface area contributed by atoms with E-state index >= 15 is 0 Å². The van der Waals surface area contributed by atoms with Crippen molar-refractivity contribution in [2.45, 2.75) is 44.8 Å². The molecular weight excluding hydrogens is 259 g/mol. The Morgan fingerprint density at radius 3 is 2.53 bits per heavy atom. The average Bonchev–Trinajstić information content (AvgIpc) is 2.33. The van der Waals surface area contributed by atoms with Crippen molar-refractivity contribution >= 4 is 23.2 Å². The second-order valence-electron chi connectivity index (χ2n) is 4.41. The van der Waals surface area contributed by atoms with Crippen LogP contribution < -0.4 is 4.74 Å². The molecule has 2 nitrogen and oxygen atoms in total. The highest BCUT2D eigenvalue weighted by molar-refractivity contribution is 6.35. The smallest absolute Gasteiger partial charge is 0.143 e. The van der Waals surface area contributed by atoms with Crippen molar-refractivity contribution in [2.24, 2.45) is 0 Å². The molecule has 1 aromatic rings. The SMILES string of the molecule is OCc1cc(Cl)cc(Cl)c1OC1CCCCC1. The Hall–Kier alpha value is -0.440. The Labute approximate surface area is 111 Å². The van der Waals surface area contributed by atoms with E-state index in [-0.39, 0.29) is 12.7 Å². The zero-order valence-electron chi connectivity index (χ0n) is 9.59. The number of hydrogen-bond donors (Lipinski definition) is 1. The van der Waals surface area contributed by atoms with Gasteiger partial charge < -0.3 is 9.84 Å². The maximum Gasteiger partial charge on any atom is 0.143 e. The van der Waals surface area contributed by atoms with Gasteiger partial charge >= 0.3 is 0 Å². The van der Waals surface area contributed by atoms with E-state index in [9.17, 15) is 5.11 Å². The molecule has 94 valence electrons. The van der Waals surface area contributed by atoms with Gasteiger partial charge in [0.1, 0.15) is 5.75 Å². The molecule has 0 aromatic heterocycles. The summed E-state index contributed by atoms with van der Waals surface area (Å²) in [6.07, 6.45) is 6.01. The van der Waals surface area contributed by atoms with E-state index in [4.69, 9.17) is 27.9 Å². The van der Waals surface area contributed by atoms with E-state index in [1.54, 1.807) is 12.1 Å². The standard InChI is InChI=1S/C13H16Cl2O2/c14-10-6-9(8-16)13(12(15)7-10)17-11-4-2-1-3-5-11/h6-7,11,16H,1-5,8H2. The second-order valence-corrected chi connectivity index (χ2v) is 5.26. The summed E-state index contributed by atoms with van der Waals surface area (Å²) in [6, 6.07) is 3.35. The Morgan fingerprint density at radius 2 is 1.88 bits per heavy atom. The first kappa shape index (κ1) is 13.0. The zero-order chi connectivity index (χ0) is 12.3. The molecule has 0 bridgehead atoms. The Bertz CT molecular complexity index is 387. The van der Waals surface area contributed by atoms with Crippen LogP contribution in [0.2, 0.25) is 10.0 Å². The number of aliphatic hydroxyl groups is 1. The van der Waals surface area contributed by atoms with E-state index in [0.717, 1.165) is 12.8 Å². The van der Waals surface area contributed by atoms with Crippen molar-refractivity contribution in [3.05, 3.63) is 27.7 Å². The molecular formula is C13H16Cl2O2. The number of ether oxygens (including phenoxy) is 1. The lowest BCUT2D eigenvalue weighted by molar-refractivity contribution is 0.150. The number of rotatable bonds is 3. The van der Waals surface area contributed by atoms with Crippen LogP contribution in [0.25, 0.3) is 0 Å². The van der Waals surface area contributed by atoms with Crippen molar-refractivity contribution in [2.75, 3.05) is 0 Å². The fourth-order valence-corrected chi connectivity index (χ4v) is 2.79. The van der Waals surface area contributed by atoms with Gasteiger partial charge in [0.05, 0.1) is 17.7 Å². The van der Waals surface area contributed by atoms with Gasteiger partial charge in [0, 0.05) is 10.6 Å². The van der Waals surface area contributed by atoms with Gasteiger partial charge in [-0.25, -0.2) is 0 Å². The van der Waals surface area contributed by atoms with Gasteiger partial charge in [0.25, 0.3) is 0 Å². The van der Waals surface area contributed by atoms with Crippen molar-refractivity contribution < 1.29 is 9.84 Å². The molecule has 1 aliphatic carbocycles. The Morgan fingerprint density at radius 1 is 1.18 bits per heavy atom. The van der Waals surface area contributed by atoms with Crippen LogP contribution in [-0.2, 0) is 6.61 Å². The molecule has 0 aliphatic heterocycles. The quantitative estimate of drug-likeness (QED) is 0.895. The molecule has 0 amide bonds. The Balaban J connectivity index is 2.18. The molecule has 2 rings (SSSR count). The number of halogens is 2. The van der Waals surface area contributed by atoms with Crippen molar-refractivity contribution in [3.63, 3.8) is 0 Å². The van der Waals surface area contributed by atoms with Gasteiger partial charge in [-0.2, -0.15) is 0 Å². The highest BCUT2D eigenvalue weighted by atomic mass is 35.5. The molecule has 0 spiro atoms. The van der Waals surface area contributed by atoms with Crippen LogP contribution in [-0.4, -0.2) is 11.2 Å². The molecule has 0 radical (unpaired) electrons. The van der Waals surface area contributed by atoms with Crippen LogP contribution in [0.15, 0.2) is 12.1 Å². The zero-order valence-corrected chi connectivity index (χ0v) is 11.1. The molecule has 17 heavy (non-hydrogen) atoms. The Kier molecular flexibility index (Phi) is 4.55. The van der Waals surface area contributed by atoms with Crippen molar-refractivity contribution in [1.29, 1.82) is 0 Å². The topological polar surface area (TPSA) is 29.5 Å². The highest BCUT2D eigenvalue weighted by Crippen LogP contribution is 2.35. The molecule has 1 saturated carbocycles. The third-order valence-corrected chi connectivity index (χ3v) is 3.59. The van der Waals surface area contributed by atoms with Crippen molar-refractivity contribution in [3.8, 4) is 5.75 Å². The van der Waals surface area contributed by atoms with E-state index < -0.39 is 0 Å². The summed E-state index contributed by atoms with van der Waals surface area (Å²) in [5, 5.41) is 10.3. The van der Waals surface area contributed by atoms with Gasteiger partial charge in [-0.3, -0.25) is 0 Å². The molecule has 4 heteroatoms. The monoisotopic (exact) mass is 274 g/mol. The summed E-state index contributed by atoms with van der Waals surface area (Å²) in [6.45, 7) is -0.109.